The Balaban J connectivity index is 3.15. The number of hydrogen-bond donors (Lipinski definition) is 1. The van der Waals surface area contributed by atoms with Crippen LogP contribution in [0.5, 0.6) is 0 Å². The molecule has 0 radical (unpaired) electrons. The van der Waals surface area contributed by atoms with E-state index >= 15 is 0 Å². The zero-order valence-electron chi connectivity index (χ0n) is 6.26. The summed E-state index contributed by atoms with van der Waals surface area (Å²) in [5, 5.41) is 9.03. The summed E-state index contributed by atoms with van der Waals surface area (Å²) in [6.07, 6.45) is 0. The molecule has 1 N–H and O–H groups in total. The van der Waals surface area contributed by atoms with Gasteiger partial charge in [-0.3, -0.25) is 0 Å². The van der Waals surface area contributed by atoms with E-state index in [4.69, 9.17) is 5.11 Å². The summed E-state index contributed by atoms with van der Waals surface area (Å²) in [6, 6.07) is 5.60. The van der Waals surface area contributed by atoms with Crippen LogP contribution in [0.1, 0.15) is 11.1 Å². The van der Waals surface area contributed by atoms with Gasteiger partial charge in [-0.05, 0) is 24.6 Å². The normalized spacial score (nSPS) is 9.64. The zero-order chi connectivity index (χ0) is 8.43. The first-order chi connectivity index (χ1) is 5.11. The fourth-order valence-corrected chi connectivity index (χ4v) is 1.07. The van der Waals surface area contributed by atoms with Crippen molar-refractivity contribution in [1.82, 2.24) is 0 Å². The van der Waals surface area contributed by atoms with Crippen LogP contribution < -0.4 is 0 Å². The molecule has 0 aliphatic heterocycles. The summed E-state index contributed by atoms with van der Waals surface area (Å²) in [5.74, 6) is 0.112. The highest BCUT2D eigenvalue weighted by Crippen LogP contribution is 2.19. The average Bonchev–Trinajstić information content (AvgIpc) is 1.94. The minimum absolute atomic E-state index is 0.112. The van der Waals surface area contributed by atoms with Crippen molar-refractivity contribution in [2.45, 2.75) is 6.92 Å². The van der Waals surface area contributed by atoms with Crippen LogP contribution in [0.15, 0.2) is 29.3 Å². The SMILES string of the molecule is C=C(O)c1ccc(Br)c(C)c1. The van der Waals surface area contributed by atoms with Crippen molar-refractivity contribution in [2.24, 2.45) is 0 Å². The van der Waals surface area contributed by atoms with Gasteiger partial charge in [0.15, 0.2) is 0 Å². The number of hydrogen-bond acceptors (Lipinski definition) is 1. The van der Waals surface area contributed by atoms with Crippen LogP contribution in [0.2, 0.25) is 0 Å². The maximum atomic E-state index is 9.03. The molecule has 0 saturated carbocycles. The topological polar surface area (TPSA) is 20.2 Å². The number of aliphatic hydroxyl groups is 1. The third-order valence-corrected chi connectivity index (χ3v) is 2.38. The Morgan fingerprint density at radius 2 is 2.18 bits per heavy atom. The van der Waals surface area contributed by atoms with Crippen molar-refractivity contribution in [3.05, 3.63) is 40.4 Å². The summed E-state index contributed by atoms with van der Waals surface area (Å²) >= 11 is 3.37. The second-order valence-corrected chi connectivity index (χ2v) is 3.26. The Kier molecular flexibility index (Phi) is 2.35. The summed E-state index contributed by atoms with van der Waals surface area (Å²) in [4.78, 5) is 0. The first-order valence-electron chi connectivity index (χ1n) is 3.25. The van der Waals surface area contributed by atoms with Gasteiger partial charge in [0.25, 0.3) is 0 Å². The molecule has 1 aromatic carbocycles. The Morgan fingerprint density at radius 3 is 2.64 bits per heavy atom. The minimum atomic E-state index is 0.112. The van der Waals surface area contributed by atoms with E-state index in [-0.39, 0.29) is 5.76 Å². The standard InChI is InChI=1S/C9H9BrO/c1-6-5-8(7(2)11)3-4-9(6)10/h3-5,11H,2H2,1H3. The van der Waals surface area contributed by atoms with Crippen molar-refractivity contribution in [2.75, 3.05) is 0 Å². The van der Waals surface area contributed by atoms with Gasteiger partial charge in [0.2, 0.25) is 0 Å². The van der Waals surface area contributed by atoms with E-state index in [0.29, 0.717) is 0 Å². The first kappa shape index (κ1) is 8.34. The Hall–Kier alpha value is -0.760. The van der Waals surface area contributed by atoms with Gasteiger partial charge in [-0.2, -0.15) is 0 Å². The van der Waals surface area contributed by atoms with E-state index in [2.05, 4.69) is 22.5 Å². The predicted molar refractivity (Wildman–Crippen MR) is 50.5 cm³/mol. The summed E-state index contributed by atoms with van der Waals surface area (Å²) in [6.45, 7) is 5.41. The Bertz CT molecular complexity index is 292. The van der Waals surface area contributed by atoms with E-state index in [1.807, 2.05) is 25.1 Å². The maximum Gasteiger partial charge on any atom is 0.115 e. The number of aliphatic hydroxyl groups excluding tert-OH is 1. The molecule has 0 unspecified atom stereocenters. The average molecular weight is 213 g/mol. The molecule has 58 valence electrons. The molecule has 0 spiro atoms. The molecule has 11 heavy (non-hydrogen) atoms. The third kappa shape index (κ3) is 1.84. The van der Waals surface area contributed by atoms with E-state index in [0.717, 1.165) is 15.6 Å². The number of rotatable bonds is 1. The zero-order valence-corrected chi connectivity index (χ0v) is 7.85. The van der Waals surface area contributed by atoms with Crippen LogP contribution in [0, 0.1) is 6.92 Å². The molecule has 0 fully saturated rings. The van der Waals surface area contributed by atoms with Crippen molar-refractivity contribution in [1.29, 1.82) is 0 Å². The Morgan fingerprint density at radius 1 is 1.55 bits per heavy atom. The van der Waals surface area contributed by atoms with Gasteiger partial charge in [-0.25, -0.2) is 0 Å². The van der Waals surface area contributed by atoms with Gasteiger partial charge in [0.05, 0.1) is 0 Å². The fourth-order valence-electron chi connectivity index (χ4n) is 0.824. The lowest BCUT2D eigenvalue weighted by Crippen LogP contribution is -1.82. The molecule has 2 heteroatoms. The molecule has 0 atom stereocenters. The molecule has 0 amide bonds. The van der Waals surface area contributed by atoms with Crippen molar-refractivity contribution in [3.8, 4) is 0 Å². The van der Waals surface area contributed by atoms with Crippen LogP contribution in [-0.4, -0.2) is 5.11 Å². The highest BCUT2D eigenvalue weighted by Gasteiger charge is 1.98. The smallest absolute Gasteiger partial charge is 0.115 e. The predicted octanol–water partition coefficient (Wildman–Crippen LogP) is 3.29. The highest BCUT2D eigenvalue weighted by atomic mass is 79.9. The van der Waals surface area contributed by atoms with E-state index in [9.17, 15) is 0 Å². The largest absolute Gasteiger partial charge is 0.508 e. The lowest BCUT2D eigenvalue weighted by molar-refractivity contribution is 0.514. The highest BCUT2D eigenvalue weighted by molar-refractivity contribution is 9.10. The van der Waals surface area contributed by atoms with Crippen LogP contribution >= 0.6 is 15.9 Å². The summed E-state index contributed by atoms with van der Waals surface area (Å²) < 4.78 is 1.04. The van der Waals surface area contributed by atoms with E-state index in [1.165, 1.54) is 0 Å². The summed E-state index contributed by atoms with van der Waals surface area (Å²) in [5.41, 5.74) is 1.86. The van der Waals surface area contributed by atoms with Crippen LogP contribution in [0.25, 0.3) is 5.76 Å². The molecular weight excluding hydrogens is 204 g/mol. The first-order valence-corrected chi connectivity index (χ1v) is 4.05. The molecule has 0 aliphatic rings. The monoisotopic (exact) mass is 212 g/mol. The Labute approximate surface area is 74.5 Å². The van der Waals surface area contributed by atoms with Crippen molar-refractivity contribution < 1.29 is 5.11 Å². The molecular formula is C9H9BrO. The molecule has 1 nitrogen and oxygen atoms in total. The lowest BCUT2D eigenvalue weighted by Gasteiger charge is -2.01. The molecule has 0 bridgehead atoms. The fraction of sp³-hybridized carbons (Fsp3) is 0.111. The number of benzene rings is 1. The summed E-state index contributed by atoms with van der Waals surface area (Å²) in [7, 11) is 0. The van der Waals surface area contributed by atoms with Crippen LogP contribution in [0.4, 0.5) is 0 Å². The molecule has 0 aliphatic carbocycles. The van der Waals surface area contributed by atoms with Crippen LogP contribution in [0.3, 0.4) is 0 Å². The lowest BCUT2D eigenvalue weighted by atomic mass is 10.1. The number of aryl methyl sites for hydroxylation is 1. The minimum Gasteiger partial charge on any atom is -0.508 e. The van der Waals surface area contributed by atoms with Crippen molar-refractivity contribution in [3.63, 3.8) is 0 Å². The molecule has 0 heterocycles. The quantitative estimate of drug-likeness (QED) is 0.709. The molecule has 0 aromatic heterocycles. The molecule has 1 rings (SSSR count). The van der Waals surface area contributed by atoms with Crippen LogP contribution in [-0.2, 0) is 0 Å². The van der Waals surface area contributed by atoms with Gasteiger partial charge < -0.3 is 5.11 Å². The van der Waals surface area contributed by atoms with Gasteiger partial charge in [0.1, 0.15) is 5.76 Å². The van der Waals surface area contributed by atoms with Gasteiger partial charge >= 0.3 is 0 Å². The van der Waals surface area contributed by atoms with Gasteiger partial charge in [-0.15, -0.1) is 0 Å². The van der Waals surface area contributed by atoms with Gasteiger partial charge in [-0.1, -0.05) is 28.6 Å². The van der Waals surface area contributed by atoms with E-state index in [1.54, 1.807) is 0 Å². The maximum absolute atomic E-state index is 9.03. The molecule has 1 aromatic rings. The van der Waals surface area contributed by atoms with Gasteiger partial charge in [0, 0.05) is 10.0 Å². The number of halogens is 1. The second kappa shape index (κ2) is 3.09. The van der Waals surface area contributed by atoms with E-state index < -0.39 is 0 Å². The van der Waals surface area contributed by atoms with Crippen molar-refractivity contribution >= 4 is 21.7 Å². The third-order valence-electron chi connectivity index (χ3n) is 1.49. The molecule has 0 saturated heterocycles. The second-order valence-electron chi connectivity index (χ2n) is 2.41.